The highest BCUT2D eigenvalue weighted by Crippen LogP contribution is 2.25. The van der Waals surface area contributed by atoms with Crippen molar-refractivity contribution in [3.8, 4) is 17.6 Å². The number of nitriles is 1. The van der Waals surface area contributed by atoms with Gasteiger partial charge in [0.1, 0.15) is 5.82 Å². The summed E-state index contributed by atoms with van der Waals surface area (Å²) in [7, 11) is 1.43. The smallest absolute Gasteiger partial charge is 0.274 e. The summed E-state index contributed by atoms with van der Waals surface area (Å²) in [6.07, 6.45) is 1.29. The number of phenolic OH excluding ortho intramolecular Hbond substituents is 1. The molecule has 116 valence electrons. The zero-order valence-corrected chi connectivity index (χ0v) is 12.1. The molecule has 0 atom stereocenters. The molecule has 0 bridgehead atoms. The predicted molar refractivity (Wildman–Crippen MR) is 80.8 cm³/mol. The summed E-state index contributed by atoms with van der Waals surface area (Å²) in [4.78, 5) is 11.8. The van der Waals surface area contributed by atoms with E-state index in [1.54, 1.807) is 18.2 Å². The topological polar surface area (TPSA) is 94.7 Å². The van der Waals surface area contributed by atoms with E-state index < -0.39 is 11.7 Å². The van der Waals surface area contributed by atoms with E-state index in [1.165, 1.54) is 31.5 Å². The number of amides is 1. The third-order valence-corrected chi connectivity index (χ3v) is 2.93. The number of hydrogen-bond donors (Lipinski definition) is 2. The van der Waals surface area contributed by atoms with Gasteiger partial charge in [-0.15, -0.1) is 0 Å². The maximum Gasteiger partial charge on any atom is 0.274 e. The Kier molecular flexibility index (Phi) is 4.89. The Morgan fingerprint density at radius 3 is 2.78 bits per heavy atom. The second-order valence-corrected chi connectivity index (χ2v) is 4.44. The molecule has 0 heterocycles. The first kappa shape index (κ1) is 16.0. The van der Waals surface area contributed by atoms with Gasteiger partial charge in [0, 0.05) is 0 Å². The van der Waals surface area contributed by atoms with Crippen LogP contribution in [0.3, 0.4) is 0 Å². The molecule has 0 radical (unpaired) electrons. The fourth-order valence-electron chi connectivity index (χ4n) is 1.78. The molecule has 2 rings (SSSR count). The molecule has 23 heavy (non-hydrogen) atoms. The van der Waals surface area contributed by atoms with Crippen LogP contribution in [0.4, 0.5) is 4.39 Å². The first-order valence-corrected chi connectivity index (χ1v) is 6.45. The number of ether oxygens (including phenoxy) is 1. The molecule has 0 aliphatic rings. The number of carbonyl (C=O) groups excluding carboxylic acids is 1. The molecule has 2 aromatic carbocycles. The molecule has 0 aliphatic carbocycles. The Balaban J connectivity index is 2.07. The summed E-state index contributed by atoms with van der Waals surface area (Å²) >= 11 is 0. The molecule has 0 aromatic heterocycles. The summed E-state index contributed by atoms with van der Waals surface area (Å²) in [5.74, 6) is -1.31. The fraction of sp³-hybridized carbons (Fsp3) is 0.0625. The number of carbonyl (C=O) groups is 1. The van der Waals surface area contributed by atoms with Crippen molar-refractivity contribution in [3.63, 3.8) is 0 Å². The lowest BCUT2D eigenvalue weighted by Crippen LogP contribution is -2.19. The minimum Gasteiger partial charge on any atom is -0.504 e. The van der Waals surface area contributed by atoms with Crippen LogP contribution >= 0.6 is 0 Å². The highest BCUT2D eigenvalue weighted by atomic mass is 19.1. The van der Waals surface area contributed by atoms with Crippen molar-refractivity contribution >= 4 is 12.1 Å². The Morgan fingerprint density at radius 2 is 2.17 bits per heavy atom. The highest BCUT2D eigenvalue weighted by Gasteiger charge is 2.11. The van der Waals surface area contributed by atoms with E-state index in [4.69, 9.17) is 10.00 Å². The normalized spacial score (nSPS) is 10.3. The van der Waals surface area contributed by atoms with Crippen LogP contribution in [0.15, 0.2) is 41.5 Å². The fourth-order valence-corrected chi connectivity index (χ4v) is 1.78. The molecule has 2 N–H and O–H groups in total. The lowest BCUT2D eigenvalue weighted by Gasteiger charge is -2.04. The third kappa shape index (κ3) is 3.83. The number of halogens is 1. The van der Waals surface area contributed by atoms with Gasteiger partial charge in [0.15, 0.2) is 11.5 Å². The molecule has 0 unspecified atom stereocenters. The number of methoxy groups -OCH3 is 1. The zero-order chi connectivity index (χ0) is 16.8. The molecular formula is C16H12FN3O3. The van der Waals surface area contributed by atoms with E-state index in [9.17, 15) is 14.3 Å². The minimum atomic E-state index is -0.807. The molecule has 0 aliphatic heterocycles. The monoisotopic (exact) mass is 313 g/mol. The van der Waals surface area contributed by atoms with Crippen LogP contribution in [0, 0.1) is 17.1 Å². The Morgan fingerprint density at radius 1 is 1.39 bits per heavy atom. The lowest BCUT2D eigenvalue weighted by atomic mass is 10.1. The van der Waals surface area contributed by atoms with Crippen molar-refractivity contribution in [2.24, 2.45) is 5.10 Å². The molecule has 0 spiro atoms. The van der Waals surface area contributed by atoms with E-state index in [0.717, 1.165) is 6.07 Å². The van der Waals surface area contributed by atoms with Crippen LogP contribution in [0.1, 0.15) is 21.5 Å². The molecule has 2 aromatic rings. The second kappa shape index (κ2) is 7.04. The maximum atomic E-state index is 13.7. The number of benzene rings is 2. The quantitative estimate of drug-likeness (QED) is 0.668. The van der Waals surface area contributed by atoms with Crippen molar-refractivity contribution in [1.29, 1.82) is 5.26 Å². The largest absolute Gasteiger partial charge is 0.504 e. The molecule has 0 saturated carbocycles. The summed E-state index contributed by atoms with van der Waals surface area (Å²) in [6.45, 7) is 0. The zero-order valence-electron chi connectivity index (χ0n) is 12.1. The van der Waals surface area contributed by atoms with Gasteiger partial charge in [-0.3, -0.25) is 4.79 Å². The Bertz CT molecular complexity index is 813. The Hall–Kier alpha value is -3.40. The van der Waals surface area contributed by atoms with Gasteiger partial charge in [-0.2, -0.15) is 10.4 Å². The van der Waals surface area contributed by atoms with Gasteiger partial charge < -0.3 is 9.84 Å². The molecule has 1 amide bonds. The molecule has 6 nitrogen and oxygen atoms in total. The molecule has 7 heteroatoms. The number of phenols is 1. The number of hydrogen-bond acceptors (Lipinski definition) is 5. The lowest BCUT2D eigenvalue weighted by molar-refractivity contribution is 0.0951. The molecule has 0 fully saturated rings. The minimum absolute atomic E-state index is 0.0686. The van der Waals surface area contributed by atoms with Crippen molar-refractivity contribution < 1.29 is 19.0 Å². The molecular weight excluding hydrogens is 301 g/mol. The number of hydrazone groups is 1. The maximum absolute atomic E-state index is 13.7. The summed E-state index contributed by atoms with van der Waals surface area (Å²) < 4.78 is 18.6. The third-order valence-electron chi connectivity index (χ3n) is 2.93. The van der Waals surface area contributed by atoms with Gasteiger partial charge >= 0.3 is 0 Å². The van der Waals surface area contributed by atoms with Crippen molar-refractivity contribution in [3.05, 3.63) is 58.9 Å². The van der Waals surface area contributed by atoms with Crippen LogP contribution < -0.4 is 10.2 Å². The Labute approximate surface area is 131 Å². The first-order chi connectivity index (χ1) is 11.0. The van der Waals surface area contributed by atoms with Gasteiger partial charge in [-0.05, 0) is 42.0 Å². The molecule has 0 saturated heterocycles. The van der Waals surface area contributed by atoms with Crippen LogP contribution in [0.5, 0.6) is 11.5 Å². The standard InChI is InChI=1S/C16H12FN3O3/c1-23-15-5-3-11(7-14(15)21)9-19-20-16(22)12-4-2-10(8-18)6-13(12)17/h2-7,9,21H,1H3,(H,20,22)/b19-9-. The van der Waals surface area contributed by atoms with Crippen molar-refractivity contribution in [1.82, 2.24) is 5.43 Å². The SMILES string of the molecule is COc1ccc(/C=N\NC(=O)c2ccc(C#N)cc2F)cc1O. The predicted octanol–water partition coefficient (Wildman–Crippen LogP) is 2.18. The second-order valence-electron chi connectivity index (χ2n) is 4.44. The number of aromatic hydroxyl groups is 1. The summed E-state index contributed by atoms with van der Waals surface area (Å²) in [6, 6.07) is 9.85. The first-order valence-electron chi connectivity index (χ1n) is 6.45. The summed E-state index contributed by atoms with van der Waals surface area (Å²) in [5, 5.41) is 22.0. The van der Waals surface area contributed by atoms with E-state index >= 15 is 0 Å². The van der Waals surface area contributed by atoms with E-state index in [0.29, 0.717) is 11.3 Å². The number of rotatable bonds is 4. The average Bonchev–Trinajstić information content (AvgIpc) is 2.54. The van der Waals surface area contributed by atoms with Gasteiger partial charge in [-0.25, -0.2) is 9.82 Å². The number of nitrogens with one attached hydrogen (secondary N) is 1. The van der Waals surface area contributed by atoms with E-state index in [2.05, 4.69) is 10.5 Å². The van der Waals surface area contributed by atoms with Gasteiger partial charge in [0.05, 0.1) is 30.5 Å². The van der Waals surface area contributed by atoms with Crippen molar-refractivity contribution in [2.45, 2.75) is 0 Å². The average molecular weight is 313 g/mol. The van der Waals surface area contributed by atoms with Crippen LogP contribution in [0.25, 0.3) is 0 Å². The van der Waals surface area contributed by atoms with Crippen LogP contribution in [-0.2, 0) is 0 Å². The highest BCUT2D eigenvalue weighted by molar-refractivity contribution is 5.95. The van der Waals surface area contributed by atoms with Gasteiger partial charge in [0.2, 0.25) is 0 Å². The number of nitrogens with zero attached hydrogens (tertiary/aromatic N) is 2. The van der Waals surface area contributed by atoms with Crippen LogP contribution in [-0.4, -0.2) is 24.3 Å². The van der Waals surface area contributed by atoms with E-state index in [-0.39, 0.29) is 16.9 Å². The van der Waals surface area contributed by atoms with Crippen molar-refractivity contribution in [2.75, 3.05) is 7.11 Å². The summed E-state index contributed by atoms with van der Waals surface area (Å²) in [5.41, 5.74) is 2.58. The van der Waals surface area contributed by atoms with E-state index in [1.807, 2.05) is 0 Å². The van der Waals surface area contributed by atoms with Gasteiger partial charge in [-0.1, -0.05) is 0 Å². The van der Waals surface area contributed by atoms with Gasteiger partial charge in [0.25, 0.3) is 5.91 Å². The van der Waals surface area contributed by atoms with Crippen LogP contribution in [0.2, 0.25) is 0 Å².